The fourth-order valence-electron chi connectivity index (χ4n) is 3.12. The number of anilines is 2. The van der Waals surface area contributed by atoms with Gasteiger partial charge in [0.1, 0.15) is 11.6 Å². The molecule has 0 unspecified atom stereocenters. The monoisotopic (exact) mass is 394 g/mol. The topological polar surface area (TPSA) is 66.5 Å². The van der Waals surface area contributed by atoms with Crippen LogP contribution in [0.25, 0.3) is 0 Å². The average molecular weight is 394 g/mol. The molecule has 1 N–H and O–H groups in total. The van der Waals surface area contributed by atoms with Crippen LogP contribution in [0, 0.1) is 17.6 Å². The Balaban J connectivity index is 1.98. The number of hydrogen-bond donors (Lipinski definition) is 1. The summed E-state index contributed by atoms with van der Waals surface area (Å²) in [6, 6.07) is 7.65. The summed E-state index contributed by atoms with van der Waals surface area (Å²) in [6.45, 7) is 4.14. The highest BCUT2D eigenvalue weighted by Crippen LogP contribution is 2.32. The van der Waals surface area contributed by atoms with Gasteiger partial charge in [-0.15, -0.1) is 0 Å². The molecule has 0 radical (unpaired) electrons. The van der Waals surface area contributed by atoms with Gasteiger partial charge in [0, 0.05) is 18.2 Å². The summed E-state index contributed by atoms with van der Waals surface area (Å²) in [7, 11) is -4.46. The third-order valence-electron chi connectivity index (χ3n) is 4.40. The van der Waals surface area contributed by atoms with E-state index in [1.807, 2.05) is 0 Å². The number of rotatable bonds is 4. The molecule has 1 amide bonds. The number of fused-ring (bicyclic) bond motifs is 1. The quantitative estimate of drug-likeness (QED) is 0.860. The van der Waals surface area contributed by atoms with Crippen molar-refractivity contribution < 1.29 is 22.0 Å². The average Bonchev–Trinajstić information content (AvgIpc) is 2.59. The predicted octanol–water partition coefficient (Wildman–Crippen LogP) is 3.70. The van der Waals surface area contributed by atoms with E-state index < -0.39 is 26.6 Å². The molecule has 1 heterocycles. The van der Waals surface area contributed by atoms with Crippen LogP contribution in [0.3, 0.4) is 0 Å². The third kappa shape index (κ3) is 3.80. The van der Waals surface area contributed by atoms with Gasteiger partial charge in [-0.25, -0.2) is 17.2 Å². The largest absolute Gasteiger partial charge is 0.312 e. The molecule has 2 aromatic rings. The van der Waals surface area contributed by atoms with Crippen LogP contribution in [0.15, 0.2) is 41.3 Å². The number of nitrogens with one attached hydrogen (secondary N) is 1. The normalized spacial score (nSPS) is 14.2. The van der Waals surface area contributed by atoms with E-state index in [0.717, 1.165) is 36.6 Å². The lowest BCUT2D eigenvalue weighted by Crippen LogP contribution is -2.38. The Morgan fingerprint density at radius 2 is 1.81 bits per heavy atom. The summed E-state index contributed by atoms with van der Waals surface area (Å²) in [5.41, 5.74) is 1.68. The second kappa shape index (κ2) is 7.26. The van der Waals surface area contributed by atoms with Gasteiger partial charge in [-0.2, -0.15) is 0 Å². The Labute approximate surface area is 157 Å². The molecular formula is C19H20F2N2O3S. The molecule has 8 heteroatoms. The molecule has 0 aromatic heterocycles. The van der Waals surface area contributed by atoms with E-state index in [0.29, 0.717) is 12.2 Å². The van der Waals surface area contributed by atoms with Crippen molar-refractivity contribution in [1.29, 1.82) is 0 Å². The number of hydrogen-bond acceptors (Lipinski definition) is 3. The van der Waals surface area contributed by atoms with E-state index in [4.69, 9.17) is 0 Å². The molecule has 2 aromatic carbocycles. The Morgan fingerprint density at radius 3 is 2.44 bits per heavy atom. The van der Waals surface area contributed by atoms with E-state index in [1.165, 1.54) is 12.1 Å². The van der Waals surface area contributed by atoms with Crippen molar-refractivity contribution in [2.45, 2.75) is 31.6 Å². The Morgan fingerprint density at radius 1 is 1.15 bits per heavy atom. The van der Waals surface area contributed by atoms with E-state index in [2.05, 4.69) is 4.72 Å². The smallest absolute Gasteiger partial charge is 0.267 e. The second-order valence-corrected chi connectivity index (χ2v) is 8.37. The maximum Gasteiger partial charge on any atom is 0.267 e. The van der Waals surface area contributed by atoms with Gasteiger partial charge in [-0.3, -0.25) is 9.52 Å². The highest BCUT2D eigenvalue weighted by Gasteiger charge is 2.27. The van der Waals surface area contributed by atoms with Crippen LogP contribution in [0.5, 0.6) is 0 Å². The molecule has 144 valence electrons. The van der Waals surface area contributed by atoms with Gasteiger partial charge in [0.25, 0.3) is 10.0 Å². The predicted molar refractivity (Wildman–Crippen MR) is 99.1 cm³/mol. The van der Waals surface area contributed by atoms with Crippen molar-refractivity contribution in [3.63, 3.8) is 0 Å². The first-order chi connectivity index (χ1) is 12.7. The van der Waals surface area contributed by atoms with Crippen LogP contribution in [0.4, 0.5) is 20.2 Å². The highest BCUT2D eigenvalue weighted by atomic mass is 32.2. The van der Waals surface area contributed by atoms with Crippen LogP contribution in [-0.4, -0.2) is 20.9 Å². The number of benzene rings is 2. The van der Waals surface area contributed by atoms with Gasteiger partial charge in [-0.05, 0) is 42.7 Å². The van der Waals surface area contributed by atoms with Crippen molar-refractivity contribution in [3.05, 3.63) is 53.6 Å². The number of amides is 1. The molecule has 0 bridgehead atoms. The number of nitrogens with zero attached hydrogens (tertiary/aromatic N) is 1. The fraction of sp³-hybridized carbons (Fsp3) is 0.316. The molecule has 0 fully saturated rings. The summed E-state index contributed by atoms with van der Waals surface area (Å²) >= 11 is 0. The van der Waals surface area contributed by atoms with Gasteiger partial charge in [0.05, 0.1) is 5.69 Å². The number of carbonyl (C=O) groups is 1. The first-order valence-electron chi connectivity index (χ1n) is 8.62. The molecule has 0 saturated heterocycles. The minimum Gasteiger partial charge on any atom is -0.312 e. The Bertz CT molecular complexity index is 970. The molecule has 3 rings (SSSR count). The lowest BCUT2D eigenvalue weighted by molar-refractivity contribution is -0.121. The van der Waals surface area contributed by atoms with Crippen LogP contribution in [0.1, 0.15) is 25.8 Å². The van der Waals surface area contributed by atoms with Gasteiger partial charge in [0.2, 0.25) is 5.91 Å². The molecule has 0 atom stereocenters. The van der Waals surface area contributed by atoms with E-state index in [9.17, 15) is 22.0 Å². The second-order valence-electron chi connectivity index (χ2n) is 6.75. The molecule has 1 aliphatic heterocycles. The van der Waals surface area contributed by atoms with Crippen molar-refractivity contribution in [3.8, 4) is 0 Å². The molecule has 0 aliphatic carbocycles. The third-order valence-corrected chi connectivity index (χ3v) is 5.84. The van der Waals surface area contributed by atoms with Gasteiger partial charge < -0.3 is 4.90 Å². The van der Waals surface area contributed by atoms with Crippen molar-refractivity contribution >= 4 is 27.3 Å². The lowest BCUT2D eigenvalue weighted by Gasteiger charge is -2.31. The summed E-state index contributed by atoms with van der Waals surface area (Å²) < 4.78 is 54.9. The van der Waals surface area contributed by atoms with E-state index >= 15 is 0 Å². The molecule has 0 spiro atoms. The van der Waals surface area contributed by atoms with Gasteiger partial charge >= 0.3 is 0 Å². The standard InChI is InChI=1S/C19H20F2N2O3S/c1-12(2)19(24)23-10-4-5-13-8-9-14(11-17(13)23)22-27(25,26)18-15(20)6-3-7-16(18)21/h3,6-9,11-12,22H,4-5,10H2,1-2H3. The number of halogens is 2. The van der Waals surface area contributed by atoms with E-state index in [1.54, 1.807) is 24.8 Å². The molecular weight excluding hydrogens is 374 g/mol. The maximum atomic E-state index is 13.9. The SMILES string of the molecule is CC(C)C(=O)N1CCCc2ccc(NS(=O)(=O)c3c(F)cccc3F)cc21. The Hall–Kier alpha value is -2.48. The Kier molecular flexibility index (Phi) is 5.19. The lowest BCUT2D eigenvalue weighted by atomic mass is 9.99. The summed E-state index contributed by atoms with van der Waals surface area (Å²) in [4.78, 5) is 13.1. The highest BCUT2D eigenvalue weighted by molar-refractivity contribution is 7.92. The minimum atomic E-state index is -4.46. The van der Waals surface area contributed by atoms with E-state index in [-0.39, 0.29) is 17.5 Å². The minimum absolute atomic E-state index is 0.0592. The van der Waals surface area contributed by atoms with Crippen molar-refractivity contribution in [1.82, 2.24) is 0 Å². The van der Waals surface area contributed by atoms with Crippen LogP contribution in [-0.2, 0) is 21.2 Å². The maximum absolute atomic E-state index is 13.9. The van der Waals surface area contributed by atoms with Crippen molar-refractivity contribution in [2.75, 3.05) is 16.2 Å². The summed E-state index contributed by atoms with van der Waals surface area (Å²) in [6.07, 6.45) is 1.59. The molecule has 0 saturated carbocycles. The molecule has 27 heavy (non-hydrogen) atoms. The zero-order chi connectivity index (χ0) is 19.8. The van der Waals surface area contributed by atoms with Crippen LogP contribution >= 0.6 is 0 Å². The fourth-order valence-corrected chi connectivity index (χ4v) is 4.31. The van der Waals surface area contributed by atoms with Gasteiger partial charge in [-0.1, -0.05) is 26.0 Å². The zero-order valence-corrected chi connectivity index (χ0v) is 15.8. The van der Waals surface area contributed by atoms with Crippen LogP contribution < -0.4 is 9.62 Å². The summed E-state index contributed by atoms with van der Waals surface area (Å²) in [5, 5.41) is 0. The zero-order valence-electron chi connectivity index (χ0n) is 15.0. The first kappa shape index (κ1) is 19.3. The first-order valence-corrected chi connectivity index (χ1v) is 10.1. The van der Waals surface area contributed by atoms with Crippen LogP contribution in [0.2, 0.25) is 0 Å². The van der Waals surface area contributed by atoms with Gasteiger partial charge in [0.15, 0.2) is 4.90 Å². The number of sulfonamides is 1. The summed E-state index contributed by atoms with van der Waals surface area (Å²) in [5.74, 6) is -2.60. The molecule has 1 aliphatic rings. The van der Waals surface area contributed by atoms with Crippen molar-refractivity contribution in [2.24, 2.45) is 5.92 Å². The number of aryl methyl sites for hydroxylation is 1. The number of carbonyl (C=O) groups excluding carboxylic acids is 1. The molecule has 5 nitrogen and oxygen atoms in total.